The highest BCUT2D eigenvalue weighted by atomic mass is 19.1. The van der Waals surface area contributed by atoms with E-state index in [1.54, 1.807) is 0 Å². The maximum absolute atomic E-state index is 14.0. The Balaban J connectivity index is 1.78. The summed E-state index contributed by atoms with van der Waals surface area (Å²) in [5.74, 6) is 0.766. The van der Waals surface area contributed by atoms with E-state index in [-0.39, 0.29) is 17.5 Å². The van der Waals surface area contributed by atoms with Crippen LogP contribution in [0.4, 0.5) is 10.1 Å². The van der Waals surface area contributed by atoms with Gasteiger partial charge in [0.1, 0.15) is 0 Å². The summed E-state index contributed by atoms with van der Waals surface area (Å²) in [6.45, 7) is 0. The fraction of sp³-hybridized carbons (Fsp3) is 0.438. The summed E-state index contributed by atoms with van der Waals surface area (Å²) in [5, 5.41) is 2.68. The van der Waals surface area contributed by atoms with Crippen LogP contribution in [0, 0.1) is 23.6 Å². The summed E-state index contributed by atoms with van der Waals surface area (Å²) in [5.41, 5.74) is 0.129. The maximum atomic E-state index is 14.0. The molecule has 0 aliphatic heterocycles. The lowest BCUT2D eigenvalue weighted by Crippen LogP contribution is -2.26. The average molecular weight is 291 g/mol. The second kappa shape index (κ2) is 5.39. The van der Waals surface area contributed by atoms with Gasteiger partial charge >= 0.3 is 0 Å². The average Bonchev–Trinajstić information content (AvgIpc) is 3.11. The molecule has 21 heavy (non-hydrogen) atoms. The number of halogens is 1. The second-order valence-electron chi connectivity index (χ2n) is 5.56. The largest absolute Gasteiger partial charge is 0.493 e. The minimum atomic E-state index is -0.528. The van der Waals surface area contributed by atoms with Gasteiger partial charge in [0.2, 0.25) is 5.91 Å². The molecule has 2 bridgehead atoms. The number of anilines is 1. The molecule has 1 aromatic rings. The van der Waals surface area contributed by atoms with Crippen LogP contribution in [-0.4, -0.2) is 20.1 Å². The molecule has 0 radical (unpaired) electrons. The number of nitrogens with one attached hydrogen (secondary N) is 1. The molecule has 112 valence electrons. The number of allylic oxidation sites excluding steroid dienone is 2. The Labute approximate surface area is 122 Å². The van der Waals surface area contributed by atoms with Crippen molar-refractivity contribution in [3.8, 4) is 11.5 Å². The van der Waals surface area contributed by atoms with Crippen LogP contribution in [0.25, 0.3) is 0 Å². The van der Waals surface area contributed by atoms with Gasteiger partial charge < -0.3 is 14.8 Å². The molecule has 4 nitrogen and oxygen atoms in total. The van der Waals surface area contributed by atoms with Crippen LogP contribution >= 0.6 is 0 Å². The Kier molecular flexibility index (Phi) is 3.57. The number of rotatable bonds is 4. The molecule has 3 rings (SSSR count). The lowest BCUT2D eigenvalue weighted by atomic mass is 9.93. The lowest BCUT2D eigenvalue weighted by molar-refractivity contribution is -0.120. The van der Waals surface area contributed by atoms with Crippen LogP contribution in [0.3, 0.4) is 0 Å². The van der Waals surface area contributed by atoms with Crippen molar-refractivity contribution in [3.63, 3.8) is 0 Å². The number of methoxy groups -OCH3 is 2. The van der Waals surface area contributed by atoms with E-state index in [4.69, 9.17) is 9.47 Å². The van der Waals surface area contributed by atoms with Gasteiger partial charge in [0.25, 0.3) is 0 Å². The van der Waals surface area contributed by atoms with Gasteiger partial charge in [-0.1, -0.05) is 12.2 Å². The van der Waals surface area contributed by atoms with E-state index in [9.17, 15) is 9.18 Å². The first kappa shape index (κ1) is 13.9. The van der Waals surface area contributed by atoms with Crippen LogP contribution in [-0.2, 0) is 4.79 Å². The van der Waals surface area contributed by atoms with E-state index in [1.807, 2.05) is 0 Å². The van der Waals surface area contributed by atoms with E-state index in [0.717, 1.165) is 12.8 Å². The number of hydrogen-bond acceptors (Lipinski definition) is 3. The summed E-state index contributed by atoms with van der Waals surface area (Å²) in [4.78, 5) is 12.3. The monoisotopic (exact) mass is 291 g/mol. The summed E-state index contributed by atoms with van der Waals surface area (Å²) in [6.07, 6.45) is 6.16. The Morgan fingerprint density at radius 3 is 2.48 bits per heavy atom. The third-order valence-electron chi connectivity index (χ3n) is 4.35. The summed E-state index contributed by atoms with van der Waals surface area (Å²) in [7, 11) is 2.92. The van der Waals surface area contributed by atoms with Gasteiger partial charge in [-0.2, -0.15) is 0 Å². The first-order chi connectivity index (χ1) is 10.1. The van der Waals surface area contributed by atoms with Gasteiger partial charge in [-0.25, -0.2) is 4.39 Å². The zero-order chi connectivity index (χ0) is 15.0. The number of carbonyl (C=O) groups excluding carboxylic acids is 1. The molecule has 1 amide bonds. The highest BCUT2D eigenvalue weighted by Gasteiger charge is 2.39. The van der Waals surface area contributed by atoms with Crippen molar-refractivity contribution in [1.29, 1.82) is 0 Å². The fourth-order valence-electron chi connectivity index (χ4n) is 3.26. The van der Waals surface area contributed by atoms with Gasteiger partial charge in [-0.05, 0) is 24.7 Å². The molecule has 5 heteroatoms. The number of carbonyl (C=O) groups is 1. The smallest absolute Gasteiger partial charge is 0.228 e. The molecule has 0 aromatic heterocycles. The van der Waals surface area contributed by atoms with Crippen molar-refractivity contribution in [2.24, 2.45) is 17.8 Å². The summed E-state index contributed by atoms with van der Waals surface area (Å²) in [6, 6.07) is 2.67. The Morgan fingerprint density at radius 1 is 1.19 bits per heavy atom. The predicted octanol–water partition coefficient (Wildman–Crippen LogP) is 2.99. The maximum Gasteiger partial charge on any atom is 0.228 e. The normalized spacial score (nSPS) is 26.0. The zero-order valence-corrected chi connectivity index (χ0v) is 12.1. The van der Waals surface area contributed by atoms with Gasteiger partial charge in [0.15, 0.2) is 17.3 Å². The molecule has 0 spiro atoms. The molecule has 2 aliphatic carbocycles. The predicted molar refractivity (Wildman–Crippen MR) is 77.0 cm³/mol. The van der Waals surface area contributed by atoms with Crippen molar-refractivity contribution in [2.45, 2.75) is 12.8 Å². The van der Waals surface area contributed by atoms with E-state index in [2.05, 4.69) is 17.5 Å². The van der Waals surface area contributed by atoms with Gasteiger partial charge in [0, 0.05) is 18.1 Å². The van der Waals surface area contributed by atoms with Crippen LogP contribution in [0.2, 0.25) is 0 Å². The highest BCUT2D eigenvalue weighted by Crippen LogP contribution is 2.44. The van der Waals surface area contributed by atoms with Crippen molar-refractivity contribution in [2.75, 3.05) is 19.5 Å². The molecule has 3 atom stereocenters. The standard InChI is InChI=1S/C16H18FNO3/c1-20-14-7-12(17)13(8-15(14)21-2)18-16(19)11-6-9-3-4-10(11)5-9/h3-4,7-11H,5-6H2,1-2H3,(H,18,19)/t9-,10-,11-/m0/s1. The molecule has 0 saturated heterocycles. The Hall–Kier alpha value is -2.04. The van der Waals surface area contributed by atoms with Gasteiger partial charge in [-0.3, -0.25) is 4.79 Å². The van der Waals surface area contributed by atoms with E-state index < -0.39 is 5.82 Å². The van der Waals surface area contributed by atoms with E-state index in [1.165, 1.54) is 26.4 Å². The Bertz CT molecular complexity index is 599. The van der Waals surface area contributed by atoms with Crippen molar-refractivity contribution in [3.05, 3.63) is 30.1 Å². The molecule has 1 N–H and O–H groups in total. The minimum Gasteiger partial charge on any atom is -0.493 e. The number of amides is 1. The van der Waals surface area contributed by atoms with Crippen molar-refractivity contribution >= 4 is 11.6 Å². The number of ether oxygens (including phenoxy) is 2. The molecular weight excluding hydrogens is 273 g/mol. The number of benzene rings is 1. The topological polar surface area (TPSA) is 47.6 Å². The highest BCUT2D eigenvalue weighted by molar-refractivity contribution is 5.93. The lowest BCUT2D eigenvalue weighted by Gasteiger charge is -2.18. The van der Waals surface area contributed by atoms with Gasteiger partial charge in [-0.15, -0.1) is 0 Å². The van der Waals surface area contributed by atoms with Crippen LogP contribution < -0.4 is 14.8 Å². The fourth-order valence-corrected chi connectivity index (χ4v) is 3.26. The zero-order valence-electron chi connectivity index (χ0n) is 12.1. The molecule has 0 unspecified atom stereocenters. The molecule has 1 saturated carbocycles. The SMILES string of the molecule is COc1cc(F)c(NC(=O)[C@H]2C[C@H]3C=C[C@H]2C3)cc1OC. The molecule has 1 aromatic carbocycles. The molecular formula is C16H18FNO3. The van der Waals surface area contributed by atoms with Crippen molar-refractivity contribution < 1.29 is 18.7 Å². The van der Waals surface area contributed by atoms with Crippen LogP contribution in [0.1, 0.15) is 12.8 Å². The van der Waals surface area contributed by atoms with Gasteiger partial charge in [0.05, 0.1) is 19.9 Å². The number of hydrogen-bond donors (Lipinski definition) is 1. The number of fused-ring (bicyclic) bond motifs is 2. The molecule has 2 aliphatic rings. The third-order valence-corrected chi connectivity index (χ3v) is 4.35. The Morgan fingerprint density at radius 2 is 1.90 bits per heavy atom. The van der Waals surface area contributed by atoms with Crippen LogP contribution in [0.15, 0.2) is 24.3 Å². The quantitative estimate of drug-likeness (QED) is 0.868. The third kappa shape index (κ3) is 2.48. The van der Waals surface area contributed by atoms with Crippen molar-refractivity contribution in [1.82, 2.24) is 0 Å². The first-order valence-corrected chi connectivity index (χ1v) is 7.03. The molecule has 1 fully saturated rings. The molecule has 0 heterocycles. The minimum absolute atomic E-state index is 0.0625. The van der Waals surface area contributed by atoms with Crippen LogP contribution in [0.5, 0.6) is 11.5 Å². The summed E-state index contributed by atoms with van der Waals surface area (Å²) < 4.78 is 24.2. The first-order valence-electron chi connectivity index (χ1n) is 7.03. The summed E-state index contributed by atoms with van der Waals surface area (Å²) >= 11 is 0. The van der Waals surface area contributed by atoms with E-state index in [0.29, 0.717) is 23.3 Å². The second-order valence-corrected chi connectivity index (χ2v) is 5.56. The van der Waals surface area contributed by atoms with E-state index >= 15 is 0 Å².